The van der Waals surface area contributed by atoms with E-state index < -0.39 is 6.09 Å². The van der Waals surface area contributed by atoms with E-state index in [4.69, 9.17) is 15.2 Å². The summed E-state index contributed by atoms with van der Waals surface area (Å²) in [4.78, 5) is 30.3. The Hall–Kier alpha value is -3.61. The van der Waals surface area contributed by atoms with Crippen molar-refractivity contribution in [2.75, 3.05) is 13.1 Å². The van der Waals surface area contributed by atoms with Crippen molar-refractivity contribution in [1.82, 2.24) is 9.88 Å². The van der Waals surface area contributed by atoms with Gasteiger partial charge >= 0.3 is 6.09 Å². The summed E-state index contributed by atoms with van der Waals surface area (Å²) in [5.41, 5.74) is 7.81. The largest absolute Gasteiger partial charge is 0.489 e. The number of aromatic nitrogens is 1. The minimum atomic E-state index is -0.740. The number of primary amides is 1. The SMILES string of the molecule is NC(=O)OC1CCC2CN(C(=O)c3ccc(OCc4ccnc5ccccc45)cc3)CC21. The van der Waals surface area contributed by atoms with E-state index in [1.807, 2.05) is 47.4 Å². The molecular weight excluding hydrogens is 406 g/mol. The highest BCUT2D eigenvalue weighted by atomic mass is 16.6. The molecule has 0 bridgehead atoms. The fraction of sp³-hybridized carbons (Fsp3) is 0.320. The fourth-order valence-electron chi connectivity index (χ4n) is 5.00. The van der Waals surface area contributed by atoms with Crippen molar-refractivity contribution in [2.45, 2.75) is 25.6 Å². The molecule has 2 heterocycles. The number of rotatable bonds is 5. The molecule has 2 fully saturated rings. The lowest BCUT2D eigenvalue weighted by Crippen LogP contribution is -2.33. The zero-order chi connectivity index (χ0) is 22.1. The van der Waals surface area contributed by atoms with Gasteiger partial charge in [-0.15, -0.1) is 0 Å². The van der Waals surface area contributed by atoms with Crippen LogP contribution in [0.1, 0.15) is 28.8 Å². The van der Waals surface area contributed by atoms with Crippen molar-refractivity contribution in [1.29, 1.82) is 0 Å². The summed E-state index contributed by atoms with van der Waals surface area (Å²) in [6.07, 6.45) is 2.63. The number of benzene rings is 2. The number of para-hydroxylation sites is 1. The van der Waals surface area contributed by atoms with Gasteiger partial charge in [0.2, 0.25) is 0 Å². The number of ether oxygens (including phenoxy) is 2. The predicted molar refractivity (Wildman–Crippen MR) is 119 cm³/mol. The first-order chi connectivity index (χ1) is 15.6. The summed E-state index contributed by atoms with van der Waals surface area (Å²) in [7, 11) is 0. The van der Waals surface area contributed by atoms with Gasteiger partial charge in [-0.2, -0.15) is 0 Å². The van der Waals surface area contributed by atoms with Gasteiger partial charge in [0.05, 0.1) is 5.52 Å². The zero-order valence-corrected chi connectivity index (χ0v) is 17.6. The summed E-state index contributed by atoms with van der Waals surface area (Å²) in [5, 5.41) is 1.07. The molecule has 1 aliphatic heterocycles. The van der Waals surface area contributed by atoms with Crippen LogP contribution in [0.25, 0.3) is 10.9 Å². The quantitative estimate of drug-likeness (QED) is 0.664. The Bertz CT molecular complexity index is 1140. The second-order valence-electron chi connectivity index (χ2n) is 8.49. The standard InChI is InChI=1S/C25H25N3O4/c26-25(30)32-23-10-7-17-13-28(14-21(17)23)24(29)16-5-8-19(9-6-16)31-15-18-11-12-27-22-4-2-1-3-20(18)22/h1-6,8-9,11-12,17,21,23H,7,10,13-15H2,(H2,26,30). The summed E-state index contributed by atoms with van der Waals surface area (Å²) >= 11 is 0. The molecular formula is C25H25N3O4. The number of amides is 2. The molecule has 2 N–H and O–H groups in total. The van der Waals surface area contributed by atoms with Crippen molar-refractivity contribution in [2.24, 2.45) is 17.6 Å². The number of carbonyl (C=O) groups is 2. The molecule has 5 rings (SSSR count). The number of pyridine rings is 1. The van der Waals surface area contributed by atoms with Gasteiger partial charge in [0, 0.05) is 41.7 Å². The molecule has 2 amide bonds. The molecule has 7 nitrogen and oxygen atoms in total. The third-order valence-electron chi connectivity index (χ3n) is 6.58. The van der Waals surface area contributed by atoms with Gasteiger partial charge in [-0.05, 0) is 55.2 Å². The van der Waals surface area contributed by atoms with E-state index in [1.54, 1.807) is 18.3 Å². The smallest absolute Gasteiger partial charge is 0.404 e. The van der Waals surface area contributed by atoms with Crippen LogP contribution in [-0.4, -0.2) is 41.1 Å². The van der Waals surface area contributed by atoms with E-state index >= 15 is 0 Å². The Morgan fingerprint density at radius 2 is 1.84 bits per heavy atom. The molecule has 3 atom stereocenters. The Labute approximate surface area is 186 Å². The number of likely N-dealkylation sites (tertiary alicyclic amines) is 1. The fourth-order valence-corrected chi connectivity index (χ4v) is 5.00. The molecule has 2 aliphatic rings. The normalized spacial score (nSPS) is 22.0. The van der Waals surface area contributed by atoms with E-state index in [1.165, 1.54) is 0 Å². The number of nitrogens with two attached hydrogens (primary N) is 1. The minimum absolute atomic E-state index is 0.0103. The van der Waals surface area contributed by atoms with Crippen LogP contribution in [0.15, 0.2) is 60.8 Å². The summed E-state index contributed by atoms with van der Waals surface area (Å²) < 4.78 is 11.2. The average Bonchev–Trinajstić information content (AvgIpc) is 3.39. The first-order valence-electron chi connectivity index (χ1n) is 10.9. The summed E-state index contributed by atoms with van der Waals surface area (Å²) in [5.74, 6) is 1.23. The van der Waals surface area contributed by atoms with Crippen LogP contribution in [0.5, 0.6) is 5.75 Å². The van der Waals surface area contributed by atoms with E-state index in [0.29, 0.717) is 36.9 Å². The molecule has 7 heteroatoms. The molecule has 3 aromatic rings. The van der Waals surface area contributed by atoms with Gasteiger partial charge in [0.1, 0.15) is 18.5 Å². The van der Waals surface area contributed by atoms with Crippen LogP contribution in [0.4, 0.5) is 4.79 Å². The van der Waals surface area contributed by atoms with Crippen LogP contribution < -0.4 is 10.5 Å². The Morgan fingerprint density at radius 3 is 2.66 bits per heavy atom. The Morgan fingerprint density at radius 1 is 1.03 bits per heavy atom. The number of fused-ring (bicyclic) bond motifs is 2. The first-order valence-corrected chi connectivity index (χ1v) is 10.9. The first kappa shape index (κ1) is 20.3. The highest BCUT2D eigenvalue weighted by molar-refractivity contribution is 5.94. The van der Waals surface area contributed by atoms with Gasteiger partial charge in [-0.1, -0.05) is 18.2 Å². The third-order valence-corrected chi connectivity index (χ3v) is 6.58. The van der Waals surface area contributed by atoms with Gasteiger partial charge in [0.25, 0.3) is 5.91 Å². The van der Waals surface area contributed by atoms with Crippen LogP contribution >= 0.6 is 0 Å². The van der Waals surface area contributed by atoms with Crippen LogP contribution in [0.2, 0.25) is 0 Å². The molecule has 3 unspecified atom stereocenters. The maximum Gasteiger partial charge on any atom is 0.404 e. The highest BCUT2D eigenvalue weighted by Crippen LogP contribution is 2.40. The van der Waals surface area contributed by atoms with Crippen molar-refractivity contribution >= 4 is 22.9 Å². The van der Waals surface area contributed by atoms with Crippen molar-refractivity contribution in [3.63, 3.8) is 0 Å². The van der Waals surface area contributed by atoms with Crippen LogP contribution in [0, 0.1) is 11.8 Å². The lowest BCUT2D eigenvalue weighted by Gasteiger charge is -2.20. The molecule has 1 saturated carbocycles. The van der Waals surface area contributed by atoms with E-state index in [9.17, 15) is 9.59 Å². The van der Waals surface area contributed by atoms with Gasteiger partial charge in [0.15, 0.2) is 0 Å². The van der Waals surface area contributed by atoms with Crippen molar-refractivity contribution in [3.05, 3.63) is 71.9 Å². The molecule has 1 saturated heterocycles. The summed E-state index contributed by atoms with van der Waals surface area (Å²) in [6.45, 7) is 1.71. The van der Waals surface area contributed by atoms with Gasteiger partial charge < -0.3 is 20.1 Å². The van der Waals surface area contributed by atoms with Gasteiger partial charge in [-0.25, -0.2) is 4.79 Å². The minimum Gasteiger partial charge on any atom is -0.489 e. The maximum atomic E-state index is 13.0. The average molecular weight is 431 g/mol. The Balaban J connectivity index is 1.21. The lowest BCUT2D eigenvalue weighted by atomic mass is 9.99. The molecule has 164 valence electrons. The monoisotopic (exact) mass is 431 g/mol. The molecule has 32 heavy (non-hydrogen) atoms. The third kappa shape index (κ3) is 3.98. The van der Waals surface area contributed by atoms with Crippen LogP contribution in [0.3, 0.4) is 0 Å². The Kier molecular flexibility index (Phi) is 5.39. The number of nitrogens with zero attached hydrogens (tertiary/aromatic N) is 2. The highest BCUT2D eigenvalue weighted by Gasteiger charge is 2.45. The molecule has 2 aromatic carbocycles. The number of carbonyl (C=O) groups excluding carboxylic acids is 2. The van der Waals surface area contributed by atoms with Gasteiger partial charge in [-0.3, -0.25) is 9.78 Å². The maximum absolute atomic E-state index is 13.0. The summed E-state index contributed by atoms with van der Waals surface area (Å²) in [6, 6.07) is 17.2. The zero-order valence-electron chi connectivity index (χ0n) is 17.6. The lowest BCUT2D eigenvalue weighted by molar-refractivity contribution is 0.0695. The van der Waals surface area contributed by atoms with E-state index in [-0.39, 0.29) is 17.9 Å². The van der Waals surface area contributed by atoms with E-state index in [0.717, 1.165) is 29.3 Å². The van der Waals surface area contributed by atoms with Crippen molar-refractivity contribution in [3.8, 4) is 5.75 Å². The molecule has 0 spiro atoms. The molecule has 0 radical (unpaired) electrons. The molecule has 1 aliphatic carbocycles. The second kappa shape index (κ2) is 8.49. The van der Waals surface area contributed by atoms with Crippen LogP contribution in [-0.2, 0) is 11.3 Å². The topological polar surface area (TPSA) is 94.8 Å². The van der Waals surface area contributed by atoms with E-state index in [2.05, 4.69) is 4.98 Å². The van der Waals surface area contributed by atoms with Crippen molar-refractivity contribution < 1.29 is 19.1 Å². The number of hydrogen-bond donors (Lipinski definition) is 1. The second-order valence-corrected chi connectivity index (χ2v) is 8.49. The number of hydrogen-bond acceptors (Lipinski definition) is 5. The molecule has 1 aromatic heterocycles. The predicted octanol–water partition coefficient (Wildman–Crippen LogP) is 3.76.